The van der Waals surface area contributed by atoms with E-state index in [-0.39, 0.29) is 24.6 Å². The zero-order valence-corrected chi connectivity index (χ0v) is 16.3. The summed E-state index contributed by atoms with van der Waals surface area (Å²) in [6.07, 6.45) is 2.18. The van der Waals surface area contributed by atoms with Crippen molar-refractivity contribution in [2.45, 2.75) is 31.2 Å². The van der Waals surface area contributed by atoms with Gasteiger partial charge in [-0.1, -0.05) is 54.6 Å². The molecule has 0 aromatic heterocycles. The topological polar surface area (TPSA) is 99.7 Å². The number of nitrogens with one attached hydrogen (secondary N) is 3. The van der Waals surface area contributed by atoms with Gasteiger partial charge in [-0.15, -0.1) is 0 Å². The maximum atomic E-state index is 13.7. The number of rotatable bonds is 7. The second-order valence-electron chi connectivity index (χ2n) is 6.85. The molecule has 0 saturated heterocycles. The summed E-state index contributed by atoms with van der Waals surface area (Å²) in [6.45, 7) is 0.0665. The Kier molecular flexibility index (Phi) is 7.53. The number of urea groups is 1. The molecule has 158 valence electrons. The van der Waals surface area contributed by atoms with Gasteiger partial charge in [-0.05, 0) is 17.7 Å². The van der Waals surface area contributed by atoms with Crippen molar-refractivity contribution in [3.63, 3.8) is 0 Å². The van der Waals surface area contributed by atoms with E-state index in [1.807, 2.05) is 30.3 Å². The van der Waals surface area contributed by atoms with Crippen molar-refractivity contribution in [1.29, 1.82) is 0 Å². The summed E-state index contributed by atoms with van der Waals surface area (Å²) < 4.78 is 19.4. The van der Waals surface area contributed by atoms with Crippen LogP contribution in [0.25, 0.3) is 0 Å². The summed E-state index contributed by atoms with van der Waals surface area (Å²) in [5.41, 5.74) is 1.04. The zero-order valence-electron chi connectivity index (χ0n) is 16.3. The number of aliphatic hydroxyl groups excluding tert-OH is 1. The molecule has 1 aliphatic rings. The fourth-order valence-corrected chi connectivity index (χ4v) is 3.06. The quantitative estimate of drug-likeness (QED) is 0.524. The Morgan fingerprint density at radius 3 is 2.50 bits per heavy atom. The van der Waals surface area contributed by atoms with E-state index in [2.05, 4.69) is 16.0 Å². The van der Waals surface area contributed by atoms with Gasteiger partial charge in [0.05, 0.1) is 30.9 Å². The van der Waals surface area contributed by atoms with Crippen molar-refractivity contribution >= 4 is 17.6 Å². The number of anilines is 1. The lowest BCUT2D eigenvalue weighted by Crippen LogP contribution is -2.50. The molecule has 3 atom stereocenters. The lowest BCUT2D eigenvalue weighted by molar-refractivity contribution is -0.125. The van der Waals surface area contributed by atoms with Gasteiger partial charge in [0.25, 0.3) is 0 Å². The van der Waals surface area contributed by atoms with Gasteiger partial charge in [0.15, 0.2) is 0 Å². The Bertz CT molecular complexity index is 891. The number of benzene rings is 2. The van der Waals surface area contributed by atoms with Crippen LogP contribution in [0.4, 0.5) is 14.9 Å². The molecule has 0 fully saturated rings. The minimum absolute atomic E-state index is 0.0456. The number of aliphatic hydroxyl groups is 1. The van der Waals surface area contributed by atoms with E-state index in [0.717, 1.165) is 5.56 Å². The first-order valence-electron chi connectivity index (χ1n) is 9.62. The van der Waals surface area contributed by atoms with Gasteiger partial charge in [-0.3, -0.25) is 4.79 Å². The average molecular weight is 413 g/mol. The first-order valence-corrected chi connectivity index (χ1v) is 9.62. The summed E-state index contributed by atoms with van der Waals surface area (Å²) in [5.74, 6) is -0.739. The van der Waals surface area contributed by atoms with E-state index in [1.54, 1.807) is 18.2 Å². The molecule has 1 heterocycles. The van der Waals surface area contributed by atoms with E-state index in [9.17, 15) is 19.1 Å². The molecule has 0 spiro atoms. The minimum atomic E-state index is -0.728. The van der Waals surface area contributed by atoms with Crippen LogP contribution in [-0.2, 0) is 16.1 Å². The zero-order chi connectivity index (χ0) is 21.3. The fraction of sp³-hybridized carbons (Fsp3) is 0.273. The molecule has 3 amide bonds. The fourth-order valence-electron chi connectivity index (χ4n) is 3.06. The molecule has 0 bridgehead atoms. The Labute approximate surface area is 173 Å². The normalized spacial score (nSPS) is 20.4. The first-order chi connectivity index (χ1) is 14.5. The Morgan fingerprint density at radius 2 is 1.77 bits per heavy atom. The largest absolute Gasteiger partial charge is 0.394 e. The lowest BCUT2D eigenvalue weighted by Gasteiger charge is -2.31. The van der Waals surface area contributed by atoms with Crippen LogP contribution in [0.3, 0.4) is 0 Å². The van der Waals surface area contributed by atoms with Crippen LogP contribution >= 0.6 is 0 Å². The van der Waals surface area contributed by atoms with Gasteiger partial charge in [-0.25, -0.2) is 9.18 Å². The maximum absolute atomic E-state index is 13.7. The van der Waals surface area contributed by atoms with Gasteiger partial charge in [-0.2, -0.15) is 0 Å². The number of hydrogen-bond acceptors (Lipinski definition) is 4. The third kappa shape index (κ3) is 6.13. The van der Waals surface area contributed by atoms with Crippen molar-refractivity contribution < 1.29 is 23.8 Å². The number of carbonyl (C=O) groups is 2. The molecule has 0 unspecified atom stereocenters. The second-order valence-corrected chi connectivity index (χ2v) is 6.85. The molecule has 30 heavy (non-hydrogen) atoms. The Balaban J connectivity index is 1.50. The molecule has 4 N–H and O–H groups in total. The number of hydrogen-bond donors (Lipinski definition) is 4. The predicted molar refractivity (Wildman–Crippen MR) is 110 cm³/mol. The van der Waals surface area contributed by atoms with Gasteiger partial charge in [0.1, 0.15) is 11.9 Å². The van der Waals surface area contributed by atoms with Crippen LogP contribution in [-0.4, -0.2) is 41.9 Å². The predicted octanol–water partition coefficient (Wildman–Crippen LogP) is 2.34. The standard InChI is InChI=1S/C22H24FN3O4/c23-17-8-4-5-9-18(17)25-22(29)26-19-11-10-16(30-20(19)14-27)12-21(28)24-13-15-6-2-1-3-7-15/h1-11,16,19-20,27H,12-14H2,(H,24,28)(H2,25,26,29)/t16-,19-,20-/m1/s1. The highest BCUT2D eigenvalue weighted by atomic mass is 19.1. The lowest BCUT2D eigenvalue weighted by atomic mass is 10.0. The van der Waals surface area contributed by atoms with E-state index in [1.165, 1.54) is 18.2 Å². The highest BCUT2D eigenvalue weighted by molar-refractivity contribution is 5.89. The number of ether oxygens (including phenoxy) is 1. The molecular weight excluding hydrogens is 389 g/mol. The molecule has 7 nitrogen and oxygen atoms in total. The maximum Gasteiger partial charge on any atom is 0.319 e. The van der Waals surface area contributed by atoms with Gasteiger partial charge < -0.3 is 25.8 Å². The Hall–Kier alpha value is -3.23. The summed E-state index contributed by atoms with van der Waals surface area (Å²) in [6, 6.07) is 14.1. The van der Waals surface area contributed by atoms with Crippen molar-refractivity contribution in [1.82, 2.24) is 10.6 Å². The molecule has 0 radical (unpaired) electrons. The van der Waals surface area contributed by atoms with Gasteiger partial charge in [0, 0.05) is 6.54 Å². The molecular formula is C22H24FN3O4. The number of para-hydroxylation sites is 1. The smallest absolute Gasteiger partial charge is 0.319 e. The Morgan fingerprint density at radius 1 is 1.03 bits per heavy atom. The number of carbonyl (C=O) groups excluding carboxylic acids is 2. The van der Waals surface area contributed by atoms with E-state index in [0.29, 0.717) is 6.54 Å². The summed E-state index contributed by atoms with van der Waals surface area (Å²) in [7, 11) is 0. The number of amides is 3. The van der Waals surface area contributed by atoms with Crippen molar-refractivity contribution in [2.75, 3.05) is 11.9 Å². The SMILES string of the molecule is O=C(C[C@H]1C=C[C@@H](NC(=O)Nc2ccccc2F)[C@@H](CO)O1)NCc1ccccc1. The van der Waals surface area contributed by atoms with Crippen molar-refractivity contribution in [2.24, 2.45) is 0 Å². The molecule has 0 aliphatic carbocycles. The average Bonchev–Trinajstić information content (AvgIpc) is 2.75. The second kappa shape index (κ2) is 10.5. The summed E-state index contributed by atoms with van der Waals surface area (Å²) >= 11 is 0. The van der Waals surface area contributed by atoms with Crippen LogP contribution in [0.5, 0.6) is 0 Å². The molecule has 1 aliphatic heterocycles. The monoisotopic (exact) mass is 413 g/mol. The van der Waals surface area contributed by atoms with Crippen LogP contribution in [0.1, 0.15) is 12.0 Å². The van der Waals surface area contributed by atoms with Crippen molar-refractivity contribution in [3.05, 3.63) is 78.1 Å². The first kappa shape index (κ1) is 21.5. The highest BCUT2D eigenvalue weighted by Crippen LogP contribution is 2.17. The summed E-state index contributed by atoms with van der Waals surface area (Å²) in [4.78, 5) is 24.3. The van der Waals surface area contributed by atoms with Crippen LogP contribution < -0.4 is 16.0 Å². The van der Waals surface area contributed by atoms with Crippen molar-refractivity contribution in [3.8, 4) is 0 Å². The van der Waals surface area contributed by atoms with Gasteiger partial charge in [0.2, 0.25) is 5.91 Å². The molecule has 2 aromatic carbocycles. The van der Waals surface area contributed by atoms with Crippen LogP contribution in [0, 0.1) is 5.82 Å². The van der Waals surface area contributed by atoms with E-state index >= 15 is 0 Å². The summed E-state index contributed by atoms with van der Waals surface area (Å²) in [5, 5.41) is 17.5. The number of halogens is 1. The van der Waals surface area contributed by atoms with E-state index in [4.69, 9.17) is 4.74 Å². The molecule has 2 aromatic rings. The van der Waals surface area contributed by atoms with Crippen LogP contribution in [0.15, 0.2) is 66.7 Å². The van der Waals surface area contributed by atoms with Crippen LogP contribution in [0.2, 0.25) is 0 Å². The van der Waals surface area contributed by atoms with E-state index < -0.39 is 30.1 Å². The highest BCUT2D eigenvalue weighted by Gasteiger charge is 2.29. The van der Waals surface area contributed by atoms with Gasteiger partial charge >= 0.3 is 6.03 Å². The third-order valence-corrected chi connectivity index (χ3v) is 4.60. The minimum Gasteiger partial charge on any atom is -0.394 e. The third-order valence-electron chi connectivity index (χ3n) is 4.60. The molecule has 8 heteroatoms. The molecule has 3 rings (SSSR count). The molecule has 0 saturated carbocycles.